The van der Waals surface area contributed by atoms with Crippen LogP contribution in [0.15, 0.2) is 24.3 Å². The van der Waals surface area contributed by atoms with Crippen molar-refractivity contribution in [2.24, 2.45) is 0 Å². The second-order valence-corrected chi connectivity index (χ2v) is 5.89. The van der Waals surface area contributed by atoms with Crippen LogP contribution in [0, 0.1) is 0 Å². The Balaban J connectivity index is 3.13. The molecule has 0 radical (unpaired) electrons. The number of unbranched alkanes of at least 4 members (excludes halogenated alkanes) is 11. The van der Waals surface area contributed by atoms with Crippen LogP contribution in [-0.4, -0.2) is 6.29 Å². The van der Waals surface area contributed by atoms with Gasteiger partial charge in [0, 0.05) is 6.42 Å². The van der Waals surface area contributed by atoms with Crippen LogP contribution in [0.2, 0.25) is 0 Å². The van der Waals surface area contributed by atoms with E-state index in [0.717, 1.165) is 25.5 Å². The molecule has 0 atom stereocenters. The van der Waals surface area contributed by atoms with Crippen LogP contribution >= 0.6 is 0 Å². The molecule has 0 saturated heterocycles. The molecule has 0 heterocycles. The molecule has 0 fully saturated rings. The molecule has 0 bridgehead atoms. The first-order valence-electron chi connectivity index (χ1n) is 9.15. The summed E-state index contributed by atoms with van der Waals surface area (Å²) >= 11 is 0. The lowest BCUT2D eigenvalue weighted by atomic mass is 10.1. The van der Waals surface area contributed by atoms with Crippen LogP contribution < -0.4 is 0 Å². The number of hydrogen-bond donors (Lipinski definition) is 0. The van der Waals surface area contributed by atoms with Gasteiger partial charge in [-0.25, -0.2) is 0 Å². The molecule has 0 aliphatic heterocycles. The van der Waals surface area contributed by atoms with E-state index in [2.05, 4.69) is 31.2 Å². The van der Waals surface area contributed by atoms with E-state index in [4.69, 9.17) is 0 Å². The van der Waals surface area contributed by atoms with Gasteiger partial charge in [-0.1, -0.05) is 76.2 Å². The molecule has 21 heavy (non-hydrogen) atoms. The van der Waals surface area contributed by atoms with Crippen molar-refractivity contribution in [1.82, 2.24) is 0 Å². The molecule has 0 saturated carbocycles. The zero-order valence-electron chi connectivity index (χ0n) is 14.2. The number of allylic oxidation sites excluding steroid dienone is 4. The van der Waals surface area contributed by atoms with Crippen molar-refractivity contribution in [3.8, 4) is 0 Å². The van der Waals surface area contributed by atoms with E-state index in [1.165, 1.54) is 70.6 Å². The average Bonchev–Trinajstić information content (AvgIpc) is 2.50. The molecule has 0 spiro atoms. The molecule has 0 rings (SSSR count). The van der Waals surface area contributed by atoms with E-state index in [1.807, 2.05) is 0 Å². The molecule has 0 aromatic carbocycles. The molecule has 1 nitrogen and oxygen atoms in total. The lowest BCUT2D eigenvalue weighted by Crippen LogP contribution is -1.81. The molecular weight excluding hydrogens is 256 g/mol. The van der Waals surface area contributed by atoms with Crippen molar-refractivity contribution in [2.45, 2.75) is 96.8 Å². The topological polar surface area (TPSA) is 17.1 Å². The largest absolute Gasteiger partial charge is 0.303 e. The van der Waals surface area contributed by atoms with Gasteiger partial charge in [0.05, 0.1) is 0 Å². The quantitative estimate of drug-likeness (QED) is 0.174. The van der Waals surface area contributed by atoms with E-state index in [-0.39, 0.29) is 0 Å². The van der Waals surface area contributed by atoms with Crippen LogP contribution in [0.4, 0.5) is 0 Å². The summed E-state index contributed by atoms with van der Waals surface area (Å²) in [7, 11) is 0. The van der Waals surface area contributed by atoms with Crippen molar-refractivity contribution in [3.63, 3.8) is 0 Å². The van der Waals surface area contributed by atoms with Crippen molar-refractivity contribution >= 4 is 6.29 Å². The summed E-state index contributed by atoms with van der Waals surface area (Å²) in [5.74, 6) is 0. The second kappa shape index (κ2) is 19.1. The third kappa shape index (κ3) is 19.1. The van der Waals surface area contributed by atoms with Crippen LogP contribution in [-0.2, 0) is 4.79 Å². The fourth-order valence-corrected chi connectivity index (χ4v) is 2.39. The van der Waals surface area contributed by atoms with Gasteiger partial charge in [-0.3, -0.25) is 0 Å². The molecule has 0 N–H and O–H groups in total. The summed E-state index contributed by atoms with van der Waals surface area (Å²) in [6.45, 7) is 2.25. The zero-order valence-corrected chi connectivity index (χ0v) is 14.2. The maximum atomic E-state index is 10.2. The smallest absolute Gasteiger partial charge is 0.119 e. The van der Waals surface area contributed by atoms with Crippen LogP contribution in [0.25, 0.3) is 0 Å². The van der Waals surface area contributed by atoms with Crippen LogP contribution in [0.5, 0.6) is 0 Å². The highest BCUT2D eigenvalue weighted by Crippen LogP contribution is 2.09. The Morgan fingerprint density at radius 2 is 1.05 bits per heavy atom. The lowest BCUT2D eigenvalue weighted by molar-refractivity contribution is -0.107. The molecule has 0 aliphatic rings. The van der Waals surface area contributed by atoms with Crippen molar-refractivity contribution in [1.29, 1.82) is 0 Å². The highest BCUT2D eigenvalue weighted by atomic mass is 16.1. The minimum atomic E-state index is 0.748. The number of hydrogen-bond acceptors (Lipinski definition) is 1. The van der Waals surface area contributed by atoms with E-state index < -0.39 is 0 Å². The Morgan fingerprint density at radius 3 is 1.57 bits per heavy atom. The summed E-state index contributed by atoms with van der Waals surface area (Å²) in [5.41, 5.74) is 0. The minimum absolute atomic E-state index is 0.748. The maximum Gasteiger partial charge on any atom is 0.119 e. The summed E-state index contributed by atoms with van der Waals surface area (Å²) in [6.07, 6.45) is 27.6. The van der Waals surface area contributed by atoms with Gasteiger partial charge < -0.3 is 4.79 Å². The van der Waals surface area contributed by atoms with Gasteiger partial charge in [-0.05, 0) is 38.5 Å². The third-order valence-electron chi connectivity index (χ3n) is 3.77. The Hall–Kier alpha value is -0.850. The Kier molecular flexibility index (Phi) is 18.4. The highest BCUT2D eigenvalue weighted by Gasteiger charge is 1.91. The summed E-state index contributed by atoms with van der Waals surface area (Å²) in [6, 6.07) is 0. The summed E-state index contributed by atoms with van der Waals surface area (Å²) in [4.78, 5) is 10.2. The predicted octanol–water partition coefficient (Wildman–Crippen LogP) is 6.78. The van der Waals surface area contributed by atoms with Crippen molar-refractivity contribution in [3.05, 3.63) is 24.3 Å². The maximum absolute atomic E-state index is 10.2. The first-order chi connectivity index (χ1) is 10.4. The van der Waals surface area contributed by atoms with Gasteiger partial charge in [-0.2, -0.15) is 0 Å². The number of carbonyl (C=O) groups excluding carboxylic acids is 1. The minimum Gasteiger partial charge on any atom is -0.303 e. The molecule has 0 aliphatic carbocycles. The van der Waals surface area contributed by atoms with E-state index in [0.29, 0.717) is 0 Å². The van der Waals surface area contributed by atoms with Gasteiger partial charge in [0.2, 0.25) is 0 Å². The second-order valence-electron chi connectivity index (χ2n) is 5.89. The van der Waals surface area contributed by atoms with Crippen LogP contribution in [0.1, 0.15) is 96.8 Å². The van der Waals surface area contributed by atoms with Gasteiger partial charge in [0.1, 0.15) is 6.29 Å². The molecule has 1 heteroatoms. The molecule has 0 unspecified atom stereocenters. The average molecular weight is 293 g/mol. The monoisotopic (exact) mass is 292 g/mol. The first kappa shape index (κ1) is 20.1. The third-order valence-corrected chi connectivity index (χ3v) is 3.77. The molecule has 0 aromatic rings. The fourth-order valence-electron chi connectivity index (χ4n) is 2.39. The van der Waals surface area contributed by atoms with Crippen molar-refractivity contribution < 1.29 is 4.79 Å². The number of carbonyl (C=O) groups is 1. The van der Waals surface area contributed by atoms with E-state index in [1.54, 1.807) is 0 Å². The summed E-state index contributed by atoms with van der Waals surface area (Å²) in [5, 5.41) is 0. The van der Waals surface area contributed by atoms with Gasteiger partial charge in [0.15, 0.2) is 0 Å². The van der Waals surface area contributed by atoms with Crippen LogP contribution in [0.3, 0.4) is 0 Å². The molecular formula is C20H36O. The lowest BCUT2D eigenvalue weighted by Gasteiger charge is -1.99. The van der Waals surface area contributed by atoms with Crippen molar-refractivity contribution in [2.75, 3.05) is 0 Å². The Bertz CT molecular complexity index is 253. The first-order valence-corrected chi connectivity index (χ1v) is 9.15. The standard InChI is InChI=1S/C20H36O/c1-2-3-4-5-6-7-8-9-10-11-12-13-14-15-16-17-18-19-20-21/h6-7,9-10,20H,2-5,8,11-19H2,1H3/b7-6-,10-9-. The fraction of sp³-hybridized carbons (Fsp3) is 0.750. The molecule has 122 valence electrons. The Morgan fingerprint density at radius 1 is 0.571 bits per heavy atom. The number of rotatable bonds is 16. The SMILES string of the molecule is CCCCC/C=C\C/C=C\CCCCCCCCCC=O. The predicted molar refractivity (Wildman–Crippen MR) is 94.7 cm³/mol. The van der Waals surface area contributed by atoms with Gasteiger partial charge >= 0.3 is 0 Å². The van der Waals surface area contributed by atoms with Gasteiger partial charge in [-0.15, -0.1) is 0 Å². The number of aldehydes is 1. The Labute approximate surface area is 132 Å². The highest BCUT2D eigenvalue weighted by molar-refractivity contribution is 5.48. The van der Waals surface area contributed by atoms with E-state index >= 15 is 0 Å². The van der Waals surface area contributed by atoms with Gasteiger partial charge in [0.25, 0.3) is 0 Å². The zero-order chi connectivity index (χ0) is 15.4. The normalized spacial score (nSPS) is 11.7. The summed E-state index contributed by atoms with van der Waals surface area (Å²) < 4.78 is 0. The van der Waals surface area contributed by atoms with E-state index in [9.17, 15) is 4.79 Å². The molecule has 0 amide bonds. The molecule has 0 aromatic heterocycles.